The largest absolute Gasteiger partial charge is 0.762 e. The van der Waals surface area contributed by atoms with Crippen LogP contribution in [0.25, 0.3) is 0 Å². The molecule has 0 amide bonds. The van der Waals surface area contributed by atoms with E-state index in [0.717, 1.165) is 11.1 Å². The number of rotatable bonds is 3. The van der Waals surface area contributed by atoms with Gasteiger partial charge in [0.05, 0.1) is 17.4 Å². The molecule has 0 radical (unpaired) electrons. The maximum Gasteiger partial charge on any atom is 0.762 e. The van der Waals surface area contributed by atoms with Gasteiger partial charge < -0.3 is 0 Å². The molecule has 0 aliphatic carbocycles. The topological polar surface area (TPSA) is 0 Å². The predicted octanol–water partition coefficient (Wildman–Crippen LogP) is 5.27. The normalized spacial score (nSPS) is 9.74. The maximum absolute atomic E-state index is 12.9. The fraction of sp³-hybridized carbons (Fsp3) is 0.0769. The van der Waals surface area contributed by atoms with Crippen LogP contribution in [-0.4, -0.2) is 7.54 Å². The third-order valence-corrected chi connectivity index (χ3v) is 3.02. The van der Waals surface area contributed by atoms with Crippen molar-refractivity contribution in [1.29, 1.82) is 0 Å². The lowest BCUT2D eigenvalue weighted by Crippen LogP contribution is -1.93. The molecule has 0 saturated heterocycles. The van der Waals surface area contributed by atoms with Gasteiger partial charge in [-0.1, -0.05) is 60.7 Å². The molecular weight excluding hydrogens is 275 g/mol. The van der Waals surface area contributed by atoms with E-state index in [0.29, 0.717) is 12.1 Å². The van der Waals surface area contributed by atoms with Gasteiger partial charge in [-0.2, -0.15) is 3.89 Å². The van der Waals surface area contributed by atoms with E-state index in [-0.39, 0.29) is 5.25 Å². The zero-order valence-corrected chi connectivity index (χ0v) is 10.7. The second kappa shape index (κ2) is 8.64. The summed E-state index contributed by atoms with van der Waals surface area (Å²) in [5.74, 6) is 0. The molecule has 2 rings (SSSR count). The molecule has 0 nitrogen and oxygen atoms in total. The molecule has 0 fully saturated rings. The van der Waals surface area contributed by atoms with Crippen molar-refractivity contribution in [2.24, 2.45) is 0 Å². The predicted molar refractivity (Wildman–Crippen MR) is 72.5 cm³/mol. The van der Waals surface area contributed by atoms with Gasteiger partial charge in [0.25, 0.3) is 0 Å². The molecule has 6 heteroatoms. The fourth-order valence-electron chi connectivity index (χ4n) is 1.55. The molecule has 2 aromatic rings. The Labute approximate surface area is 114 Å². The lowest BCUT2D eigenvalue weighted by atomic mass is 10.0. The number of hydrogen-bond acceptors (Lipinski definition) is 1. The van der Waals surface area contributed by atoms with Crippen LogP contribution in [0.2, 0.25) is 0 Å². The van der Waals surface area contributed by atoms with Gasteiger partial charge in [-0.25, -0.2) is 0 Å². The first-order chi connectivity index (χ1) is 9.15. The summed E-state index contributed by atoms with van der Waals surface area (Å²) in [5, 5.41) is -0.215. The van der Waals surface area contributed by atoms with Crippen LogP contribution in [-0.2, 0) is 0 Å². The molecule has 2 aromatic carbocycles. The molecule has 0 unspecified atom stereocenters. The summed E-state index contributed by atoms with van der Waals surface area (Å²) in [7, 11) is -3.67. The minimum Gasteiger partial charge on any atom is -0.254 e. The highest BCUT2D eigenvalue weighted by Crippen LogP contribution is 2.35. The van der Waals surface area contributed by atoms with E-state index in [1.807, 2.05) is 60.7 Å². The molecule has 100 valence electrons. The van der Waals surface area contributed by atoms with Gasteiger partial charge in [0, 0.05) is 0 Å². The van der Waals surface area contributed by atoms with Crippen LogP contribution in [0.15, 0.2) is 60.7 Å². The summed E-state index contributed by atoms with van der Waals surface area (Å²) < 4.78 is 41.9. The number of benzene rings is 2. The molecule has 0 N–H and O–H groups in total. The molecule has 0 atom stereocenters. The smallest absolute Gasteiger partial charge is 0.254 e. The van der Waals surface area contributed by atoms with Gasteiger partial charge >= 0.3 is 7.54 Å². The van der Waals surface area contributed by atoms with Crippen molar-refractivity contribution in [1.82, 2.24) is 0 Å². The van der Waals surface area contributed by atoms with Gasteiger partial charge in [0.2, 0.25) is 0 Å². The van der Waals surface area contributed by atoms with E-state index >= 15 is 0 Å². The molecule has 0 aliphatic heterocycles. The van der Waals surface area contributed by atoms with Crippen LogP contribution in [0.1, 0.15) is 16.4 Å². The molecule has 0 bridgehead atoms. The number of halogens is 4. The summed E-state index contributed by atoms with van der Waals surface area (Å²) in [4.78, 5) is 0. The summed E-state index contributed by atoms with van der Waals surface area (Å²) >= 11 is 0.376. The highest BCUT2D eigenvalue weighted by Gasteiger charge is 2.13. The first kappa shape index (κ1) is 15.6. The summed E-state index contributed by atoms with van der Waals surface area (Å²) in [6, 6.07) is 19.4. The Morgan fingerprint density at radius 1 is 0.737 bits per heavy atom. The second-order valence-electron chi connectivity index (χ2n) is 3.54. The average molecular weight is 286 g/mol. The monoisotopic (exact) mass is 286 g/mol. The summed E-state index contributed by atoms with van der Waals surface area (Å²) in [5.41, 5.74) is 1.99. The van der Waals surface area contributed by atoms with E-state index < -0.39 is 7.54 Å². The van der Waals surface area contributed by atoms with Crippen molar-refractivity contribution in [3.8, 4) is 0 Å². The van der Waals surface area contributed by atoms with E-state index in [4.69, 9.17) is 0 Å². The quantitative estimate of drug-likeness (QED) is 0.547. The molecule has 19 heavy (non-hydrogen) atoms. The van der Waals surface area contributed by atoms with Crippen LogP contribution >= 0.6 is 12.1 Å². The lowest BCUT2D eigenvalue weighted by molar-refractivity contribution is 0.535. The average Bonchev–Trinajstić information content (AvgIpc) is 2.41. The minimum absolute atomic E-state index is 0.215. The molecule has 0 saturated carbocycles. The SMILES string of the molecule is FB(F)F.FSC(c1ccccc1)c1ccccc1. The van der Waals surface area contributed by atoms with Gasteiger partial charge in [0.1, 0.15) is 0 Å². The lowest BCUT2D eigenvalue weighted by Gasteiger charge is -2.12. The second-order valence-corrected chi connectivity index (χ2v) is 4.19. The van der Waals surface area contributed by atoms with Gasteiger partial charge in [0.15, 0.2) is 0 Å². The Kier molecular flexibility index (Phi) is 7.11. The van der Waals surface area contributed by atoms with Crippen LogP contribution in [0.5, 0.6) is 0 Å². The van der Waals surface area contributed by atoms with Crippen molar-refractivity contribution in [2.75, 3.05) is 0 Å². The molecule has 0 aliphatic rings. The molecular formula is C13H11BF4S. The van der Waals surface area contributed by atoms with E-state index in [1.165, 1.54) is 0 Å². The van der Waals surface area contributed by atoms with E-state index in [9.17, 15) is 16.8 Å². The van der Waals surface area contributed by atoms with Gasteiger partial charge in [-0.3, -0.25) is 12.9 Å². The molecule has 0 aromatic heterocycles. The Bertz CT molecular complexity index is 410. The first-order valence-electron chi connectivity index (χ1n) is 5.44. The highest BCUT2D eigenvalue weighted by atomic mass is 32.2. The van der Waals surface area contributed by atoms with Crippen LogP contribution in [0.4, 0.5) is 16.8 Å². The maximum atomic E-state index is 12.9. The van der Waals surface area contributed by atoms with Gasteiger partial charge in [-0.15, -0.1) is 0 Å². The standard InChI is InChI=1S/C13H11FS.BF3/c14-15-13(11-7-3-1-4-8-11)12-9-5-2-6-10-12;2-1(3)4/h1-10,13H;. The van der Waals surface area contributed by atoms with E-state index in [2.05, 4.69) is 0 Å². The number of hydrogen-bond donors (Lipinski definition) is 0. The summed E-state index contributed by atoms with van der Waals surface area (Å²) in [6.45, 7) is 0. The third-order valence-electron chi connectivity index (χ3n) is 2.29. The Morgan fingerprint density at radius 2 is 1.05 bits per heavy atom. The third kappa shape index (κ3) is 5.83. The Morgan fingerprint density at radius 3 is 1.32 bits per heavy atom. The zero-order chi connectivity index (χ0) is 14.1. The highest BCUT2D eigenvalue weighted by molar-refractivity contribution is 7.94. The van der Waals surface area contributed by atoms with Crippen LogP contribution in [0, 0.1) is 0 Å². The van der Waals surface area contributed by atoms with Crippen LogP contribution < -0.4 is 0 Å². The van der Waals surface area contributed by atoms with Gasteiger partial charge in [-0.05, 0) is 11.1 Å². The zero-order valence-electron chi connectivity index (χ0n) is 9.85. The van der Waals surface area contributed by atoms with E-state index in [1.54, 1.807) is 0 Å². The van der Waals surface area contributed by atoms with Crippen LogP contribution in [0.3, 0.4) is 0 Å². The van der Waals surface area contributed by atoms with Crippen molar-refractivity contribution < 1.29 is 16.8 Å². The van der Waals surface area contributed by atoms with Crippen molar-refractivity contribution in [3.63, 3.8) is 0 Å². The Hall–Kier alpha value is -1.43. The van der Waals surface area contributed by atoms with Crippen molar-refractivity contribution in [2.45, 2.75) is 5.25 Å². The fourth-order valence-corrected chi connectivity index (χ4v) is 2.07. The Balaban J connectivity index is 0.000000399. The van der Waals surface area contributed by atoms with Crippen molar-refractivity contribution in [3.05, 3.63) is 71.8 Å². The molecule has 0 spiro atoms. The minimum atomic E-state index is -3.67. The summed E-state index contributed by atoms with van der Waals surface area (Å²) in [6.07, 6.45) is 0. The molecule has 0 heterocycles. The van der Waals surface area contributed by atoms with Crippen molar-refractivity contribution >= 4 is 19.7 Å². The first-order valence-corrected chi connectivity index (χ1v) is 6.22.